The predicted molar refractivity (Wildman–Crippen MR) is 87.6 cm³/mol. The number of nitrogens with zero attached hydrogens (tertiary/aromatic N) is 2. The van der Waals surface area contributed by atoms with Gasteiger partial charge in [-0.2, -0.15) is 0 Å². The van der Waals surface area contributed by atoms with Crippen LogP contribution in [0.3, 0.4) is 0 Å². The van der Waals surface area contributed by atoms with E-state index in [2.05, 4.69) is 15.2 Å². The smallest absolute Gasteiger partial charge is 0.317 e. The normalized spacial score (nSPS) is 18.9. The van der Waals surface area contributed by atoms with Gasteiger partial charge in [-0.05, 0) is 55.7 Å². The van der Waals surface area contributed by atoms with Crippen molar-refractivity contribution in [2.24, 2.45) is 5.92 Å². The lowest BCUT2D eigenvalue weighted by molar-refractivity contribution is 0.152. The van der Waals surface area contributed by atoms with Crippen LogP contribution in [0.2, 0.25) is 0 Å². The van der Waals surface area contributed by atoms with E-state index in [0.717, 1.165) is 18.9 Å². The first kappa shape index (κ1) is 15.3. The molecule has 22 heavy (non-hydrogen) atoms. The molecule has 2 aliphatic carbocycles. The Balaban J connectivity index is 1.49. The Morgan fingerprint density at radius 1 is 1.14 bits per heavy atom. The van der Waals surface area contributed by atoms with Crippen LogP contribution >= 0.6 is 0 Å². The van der Waals surface area contributed by atoms with Crippen molar-refractivity contribution in [3.8, 4) is 0 Å². The minimum absolute atomic E-state index is 0.146. The fourth-order valence-electron chi connectivity index (χ4n) is 3.33. The zero-order chi connectivity index (χ0) is 15.2. The molecule has 1 aromatic rings. The molecule has 2 amide bonds. The van der Waals surface area contributed by atoms with Gasteiger partial charge in [0.05, 0.1) is 0 Å². The van der Waals surface area contributed by atoms with Gasteiger partial charge in [-0.3, -0.25) is 4.98 Å². The Labute approximate surface area is 133 Å². The van der Waals surface area contributed by atoms with Gasteiger partial charge < -0.3 is 10.2 Å². The summed E-state index contributed by atoms with van der Waals surface area (Å²) in [4.78, 5) is 18.8. The zero-order valence-electron chi connectivity index (χ0n) is 13.3. The Bertz CT molecular complexity index is 466. The van der Waals surface area contributed by atoms with Crippen LogP contribution in [0.5, 0.6) is 0 Å². The third kappa shape index (κ3) is 4.46. The summed E-state index contributed by atoms with van der Waals surface area (Å²) in [5.74, 6) is 0.757. The number of rotatable bonds is 6. The molecule has 1 N–H and O–H groups in total. The first-order valence-electron chi connectivity index (χ1n) is 8.76. The number of carbonyl (C=O) groups is 1. The summed E-state index contributed by atoms with van der Waals surface area (Å²) >= 11 is 0. The lowest BCUT2D eigenvalue weighted by atomic mass is 9.94. The highest BCUT2D eigenvalue weighted by atomic mass is 16.2. The van der Waals surface area contributed by atoms with Gasteiger partial charge in [0.25, 0.3) is 0 Å². The molecule has 4 nitrogen and oxygen atoms in total. The highest BCUT2D eigenvalue weighted by Crippen LogP contribution is 2.32. The van der Waals surface area contributed by atoms with Crippen LogP contribution < -0.4 is 5.32 Å². The minimum Gasteiger partial charge on any atom is -0.338 e. The van der Waals surface area contributed by atoms with E-state index in [1.54, 1.807) is 12.4 Å². The van der Waals surface area contributed by atoms with Gasteiger partial charge in [-0.25, -0.2) is 4.79 Å². The SMILES string of the molecule is O=C(NCCc1ccncc1)N(CC1CC1)C1CCCCC1. The van der Waals surface area contributed by atoms with E-state index in [1.165, 1.54) is 50.5 Å². The maximum absolute atomic E-state index is 12.6. The Morgan fingerprint density at radius 2 is 1.86 bits per heavy atom. The highest BCUT2D eigenvalue weighted by Gasteiger charge is 2.31. The maximum atomic E-state index is 12.6. The first-order valence-corrected chi connectivity index (χ1v) is 8.76. The van der Waals surface area contributed by atoms with Crippen LogP contribution in [0, 0.1) is 5.92 Å². The second-order valence-electron chi connectivity index (χ2n) is 6.72. The fourth-order valence-corrected chi connectivity index (χ4v) is 3.33. The van der Waals surface area contributed by atoms with Crippen molar-refractivity contribution >= 4 is 6.03 Å². The Hall–Kier alpha value is -1.58. The van der Waals surface area contributed by atoms with E-state index < -0.39 is 0 Å². The molecule has 0 bridgehead atoms. The molecule has 3 rings (SSSR count). The lowest BCUT2D eigenvalue weighted by Crippen LogP contribution is -2.48. The third-order valence-electron chi connectivity index (χ3n) is 4.87. The lowest BCUT2D eigenvalue weighted by Gasteiger charge is -2.34. The molecular weight excluding hydrogens is 274 g/mol. The molecule has 1 heterocycles. The summed E-state index contributed by atoms with van der Waals surface area (Å²) in [5, 5.41) is 3.13. The summed E-state index contributed by atoms with van der Waals surface area (Å²) in [6.45, 7) is 1.67. The average molecular weight is 301 g/mol. The molecule has 0 aromatic carbocycles. The predicted octanol–water partition coefficient (Wildman–Crippen LogP) is 3.38. The second kappa shape index (κ2) is 7.61. The van der Waals surface area contributed by atoms with Gasteiger partial charge in [0, 0.05) is 31.5 Å². The van der Waals surface area contributed by atoms with E-state index in [9.17, 15) is 4.79 Å². The molecule has 0 atom stereocenters. The third-order valence-corrected chi connectivity index (χ3v) is 4.87. The topological polar surface area (TPSA) is 45.2 Å². The minimum atomic E-state index is 0.146. The second-order valence-corrected chi connectivity index (χ2v) is 6.72. The molecule has 2 saturated carbocycles. The van der Waals surface area contributed by atoms with Crippen molar-refractivity contribution in [3.63, 3.8) is 0 Å². The van der Waals surface area contributed by atoms with Crippen molar-refractivity contribution in [2.75, 3.05) is 13.1 Å². The van der Waals surface area contributed by atoms with Crippen LogP contribution in [-0.2, 0) is 6.42 Å². The molecule has 4 heteroatoms. The quantitative estimate of drug-likeness (QED) is 0.875. The van der Waals surface area contributed by atoms with Crippen LogP contribution in [0.15, 0.2) is 24.5 Å². The Morgan fingerprint density at radius 3 is 2.55 bits per heavy atom. The van der Waals surface area contributed by atoms with Crippen LogP contribution in [-0.4, -0.2) is 35.0 Å². The number of carbonyl (C=O) groups excluding carboxylic acids is 1. The summed E-state index contributed by atoms with van der Waals surface area (Å²) in [6.07, 6.45) is 13.3. The molecule has 2 fully saturated rings. The number of urea groups is 1. The molecule has 120 valence electrons. The number of pyridine rings is 1. The first-order chi connectivity index (χ1) is 10.8. The average Bonchev–Trinajstić information content (AvgIpc) is 3.38. The highest BCUT2D eigenvalue weighted by molar-refractivity contribution is 5.74. The molecule has 0 unspecified atom stereocenters. The van der Waals surface area contributed by atoms with Gasteiger partial charge in [-0.1, -0.05) is 19.3 Å². The van der Waals surface area contributed by atoms with Gasteiger partial charge in [0.2, 0.25) is 0 Å². The summed E-state index contributed by atoms with van der Waals surface area (Å²) in [7, 11) is 0. The van der Waals surface area contributed by atoms with Crippen molar-refractivity contribution in [1.29, 1.82) is 0 Å². The van der Waals surface area contributed by atoms with Crippen molar-refractivity contribution in [3.05, 3.63) is 30.1 Å². The van der Waals surface area contributed by atoms with Gasteiger partial charge in [0.15, 0.2) is 0 Å². The summed E-state index contributed by atoms with van der Waals surface area (Å²) in [6, 6.07) is 4.63. The van der Waals surface area contributed by atoms with Crippen molar-refractivity contribution in [2.45, 2.75) is 57.4 Å². The van der Waals surface area contributed by atoms with Gasteiger partial charge >= 0.3 is 6.03 Å². The number of aromatic nitrogens is 1. The van der Waals surface area contributed by atoms with Crippen molar-refractivity contribution < 1.29 is 4.79 Å². The maximum Gasteiger partial charge on any atom is 0.317 e. The molecule has 0 saturated heterocycles. The van der Waals surface area contributed by atoms with Crippen LogP contribution in [0.1, 0.15) is 50.5 Å². The standard InChI is InChI=1S/C18H27N3O/c22-18(20-13-10-15-8-11-19-12-9-15)21(14-16-6-7-16)17-4-2-1-3-5-17/h8-9,11-12,16-17H,1-7,10,13-14H2,(H,20,22). The van der Waals surface area contributed by atoms with Gasteiger partial charge in [-0.15, -0.1) is 0 Å². The molecular formula is C18H27N3O. The van der Waals surface area contributed by atoms with E-state index in [0.29, 0.717) is 12.6 Å². The van der Waals surface area contributed by atoms with Crippen LogP contribution in [0.25, 0.3) is 0 Å². The van der Waals surface area contributed by atoms with E-state index in [1.807, 2.05) is 12.1 Å². The molecule has 2 aliphatic rings. The van der Waals surface area contributed by atoms with E-state index in [4.69, 9.17) is 0 Å². The largest absolute Gasteiger partial charge is 0.338 e. The van der Waals surface area contributed by atoms with Gasteiger partial charge in [0.1, 0.15) is 0 Å². The zero-order valence-corrected chi connectivity index (χ0v) is 13.3. The van der Waals surface area contributed by atoms with E-state index >= 15 is 0 Å². The van der Waals surface area contributed by atoms with Crippen molar-refractivity contribution in [1.82, 2.24) is 15.2 Å². The number of hydrogen-bond donors (Lipinski definition) is 1. The summed E-state index contributed by atoms with van der Waals surface area (Å²) in [5.41, 5.74) is 1.22. The number of nitrogens with one attached hydrogen (secondary N) is 1. The Kier molecular flexibility index (Phi) is 5.30. The van der Waals surface area contributed by atoms with Crippen LogP contribution in [0.4, 0.5) is 4.79 Å². The number of amides is 2. The summed E-state index contributed by atoms with van der Waals surface area (Å²) < 4.78 is 0. The number of hydrogen-bond acceptors (Lipinski definition) is 2. The molecule has 0 radical (unpaired) electrons. The monoisotopic (exact) mass is 301 g/mol. The van der Waals surface area contributed by atoms with E-state index in [-0.39, 0.29) is 6.03 Å². The fraction of sp³-hybridized carbons (Fsp3) is 0.667. The molecule has 0 spiro atoms. The molecule has 0 aliphatic heterocycles. The molecule has 1 aromatic heterocycles.